The van der Waals surface area contributed by atoms with E-state index in [9.17, 15) is 14.3 Å². The van der Waals surface area contributed by atoms with Crippen molar-refractivity contribution in [3.05, 3.63) is 29.0 Å². The van der Waals surface area contributed by atoms with Crippen LogP contribution < -0.4 is 4.74 Å². The normalized spacial score (nSPS) is 19.1. The van der Waals surface area contributed by atoms with Gasteiger partial charge in [-0.2, -0.15) is 0 Å². The van der Waals surface area contributed by atoms with Gasteiger partial charge in [0.1, 0.15) is 11.6 Å². The number of rotatable bonds is 3. The van der Waals surface area contributed by atoms with Gasteiger partial charge < -0.3 is 14.7 Å². The molecule has 1 saturated heterocycles. The van der Waals surface area contributed by atoms with Crippen LogP contribution in [-0.4, -0.2) is 41.7 Å². The van der Waals surface area contributed by atoms with Crippen LogP contribution in [0.15, 0.2) is 18.2 Å². The largest absolute Gasteiger partial charge is 0.484 e. The Morgan fingerprint density at radius 3 is 3.00 bits per heavy atom. The molecule has 1 aliphatic rings. The number of aliphatic hydroxyl groups is 1. The van der Waals surface area contributed by atoms with Crippen LogP contribution in [0.4, 0.5) is 4.39 Å². The summed E-state index contributed by atoms with van der Waals surface area (Å²) in [7, 11) is 0. The van der Waals surface area contributed by atoms with E-state index < -0.39 is 11.9 Å². The molecule has 0 unspecified atom stereocenters. The molecule has 1 aromatic carbocycles. The van der Waals surface area contributed by atoms with E-state index in [1.807, 2.05) is 0 Å². The third-order valence-electron chi connectivity index (χ3n) is 2.77. The summed E-state index contributed by atoms with van der Waals surface area (Å²) in [5.74, 6) is -0.389. The number of hydrogen-bond acceptors (Lipinski definition) is 3. The highest BCUT2D eigenvalue weighted by Crippen LogP contribution is 2.21. The highest BCUT2D eigenvalue weighted by Gasteiger charge is 2.24. The number of benzene rings is 1. The lowest BCUT2D eigenvalue weighted by atomic mass is 10.3. The molecule has 2 rings (SSSR count). The smallest absolute Gasteiger partial charge is 0.260 e. The van der Waals surface area contributed by atoms with Crippen molar-refractivity contribution in [2.45, 2.75) is 12.5 Å². The second-order valence-corrected chi connectivity index (χ2v) is 4.55. The molecule has 0 saturated carbocycles. The van der Waals surface area contributed by atoms with Gasteiger partial charge in [-0.25, -0.2) is 4.39 Å². The topological polar surface area (TPSA) is 49.8 Å². The maximum atomic E-state index is 12.9. The van der Waals surface area contributed by atoms with Crippen molar-refractivity contribution in [1.82, 2.24) is 4.90 Å². The standard InChI is InChI=1S/C12H13ClFNO3/c13-10-5-9(1-2-11(10)14)18-7-12(17)15-4-3-8(16)6-15/h1-2,5,8,16H,3-4,6-7H2/t8-/m1/s1. The quantitative estimate of drug-likeness (QED) is 0.907. The minimum absolute atomic E-state index is 0.0449. The molecule has 1 atom stereocenters. The monoisotopic (exact) mass is 273 g/mol. The summed E-state index contributed by atoms with van der Waals surface area (Å²) in [6.45, 7) is 0.731. The predicted octanol–water partition coefficient (Wildman–Crippen LogP) is 1.45. The molecule has 1 heterocycles. The van der Waals surface area contributed by atoms with Crippen LogP contribution in [0.3, 0.4) is 0 Å². The fraction of sp³-hybridized carbons (Fsp3) is 0.417. The molecular weight excluding hydrogens is 261 g/mol. The molecule has 1 aliphatic heterocycles. The van der Waals surface area contributed by atoms with E-state index in [0.717, 1.165) is 0 Å². The Balaban J connectivity index is 1.87. The highest BCUT2D eigenvalue weighted by molar-refractivity contribution is 6.30. The second kappa shape index (κ2) is 5.54. The summed E-state index contributed by atoms with van der Waals surface area (Å²) < 4.78 is 18.1. The van der Waals surface area contributed by atoms with Gasteiger partial charge in [0.25, 0.3) is 5.91 Å². The predicted molar refractivity (Wildman–Crippen MR) is 64.1 cm³/mol. The van der Waals surface area contributed by atoms with Gasteiger partial charge in [-0.05, 0) is 18.6 Å². The van der Waals surface area contributed by atoms with Crippen molar-refractivity contribution < 1.29 is 19.0 Å². The number of carbonyl (C=O) groups excluding carboxylic acids is 1. The third-order valence-corrected chi connectivity index (χ3v) is 3.06. The summed E-state index contributed by atoms with van der Waals surface area (Å²) in [6, 6.07) is 3.91. The number of aliphatic hydroxyl groups excluding tert-OH is 1. The third kappa shape index (κ3) is 3.11. The second-order valence-electron chi connectivity index (χ2n) is 4.15. The summed E-state index contributed by atoms with van der Waals surface area (Å²) in [6.07, 6.45) is 0.142. The number of ether oxygens (including phenoxy) is 1. The van der Waals surface area contributed by atoms with Gasteiger partial charge in [-0.3, -0.25) is 4.79 Å². The highest BCUT2D eigenvalue weighted by atomic mass is 35.5. The molecule has 0 aliphatic carbocycles. The number of carbonyl (C=O) groups is 1. The van der Waals surface area contributed by atoms with E-state index in [0.29, 0.717) is 25.3 Å². The molecule has 18 heavy (non-hydrogen) atoms. The average molecular weight is 274 g/mol. The van der Waals surface area contributed by atoms with Crippen LogP contribution in [0.5, 0.6) is 5.75 Å². The molecule has 0 aromatic heterocycles. The van der Waals surface area contributed by atoms with E-state index in [1.165, 1.54) is 23.1 Å². The fourth-order valence-electron chi connectivity index (χ4n) is 1.77. The molecule has 1 aromatic rings. The number of nitrogens with zero attached hydrogens (tertiary/aromatic N) is 1. The molecule has 0 radical (unpaired) electrons. The average Bonchev–Trinajstić information content (AvgIpc) is 2.77. The Kier molecular flexibility index (Phi) is 4.04. The lowest BCUT2D eigenvalue weighted by Gasteiger charge is -2.15. The van der Waals surface area contributed by atoms with Crippen molar-refractivity contribution in [2.24, 2.45) is 0 Å². The molecular formula is C12H13ClFNO3. The van der Waals surface area contributed by atoms with Crippen molar-refractivity contribution in [3.63, 3.8) is 0 Å². The SMILES string of the molecule is O=C(COc1ccc(F)c(Cl)c1)N1CC[C@@H](O)C1. The fourth-order valence-corrected chi connectivity index (χ4v) is 1.94. The zero-order valence-electron chi connectivity index (χ0n) is 9.60. The first-order valence-corrected chi connectivity index (χ1v) is 5.98. The van der Waals surface area contributed by atoms with Crippen LogP contribution in [0.1, 0.15) is 6.42 Å². The molecule has 1 fully saturated rings. The first-order chi connectivity index (χ1) is 8.56. The Labute approximate surface area is 109 Å². The Morgan fingerprint density at radius 1 is 1.61 bits per heavy atom. The van der Waals surface area contributed by atoms with Gasteiger partial charge >= 0.3 is 0 Å². The summed E-state index contributed by atoms with van der Waals surface area (Å²) in [5, 5.41) is 9.26. The first kappa shape index (κ1) is 13.1. The maximum absolute atomic E-state index is 12.9. The van der Waals surface area contributed by atoms with E-state index in [1.54, 1.807) is 0 Å². The van der Waals surface area contributed by atoms with Crippen LogP contribution in [0.2, 0.25) is 5.02 Å². The van der Waals surface area contributed by atoms with Crippen molar-refractivity contribution in [3.8, 4) is 5.75 Å². The van der Waals surface area contributed by atoms with Crippen molar-refractivity contribution in [1.29, 1.82) is 0 Å². The van der Waals surface area contributed by atoms with Gasteiger partial charge in [0.2, 0.25) is 0 Å². The van der Waals surface area contributed by atoms with Crippen molar-refractivity contribution >= 4 is 17.5 Å². The zero-order valence-corrected chi connectivity index (χ0v) is 10.4. The van der Waals surface area contributed by atoms with Gasteiger partial charge in [0.05, 0.1) is 11.1 Å². The van der Waals surface area contributed by atoms with Gasteiger partial charge in [-0.1, -0.05) is 11.6 Å². The molecule has 98 valence electrons. The first-order valence-electron chi connectivity index (χ1n) is 5.60. The van der Waals surface area contributed by atoms with Crippen LogP contribution >= 0.6 is 11.6 Å². The Morgan fingerprint density at radius 2 is 2.39 bits per heavy atom. The molecule has 1 N–H and O–H groups in total. The molecule has 4 nitrogen and oxygen atoms in total. The van der Waals surface area contributed by atoms with E-state index in [-0.39, 0.29) is 17.5 Å². The summed E-state index contributed by atoms with van der Waals surface area (Å²) in [4.78, 5) is 13.2. The lowest BCUT2D eigenvalue weighted by molar-refractivity contribution is -0.132. The Hall–Kier alpha value is -1.33. The van der Waals surface area contributed by atoms with Gasteiger partial charge in [0.15, 0.2) is 6.61 Å². The number of β-amino-alcohol motifs (C(OH)–C–C–N with tert-alkyl or cyclic N) is 1. The number of halogens is 2. The lowest BCUT2D eigenvalue weighted by Crippen LogP contribution is -2.33. The molecule has 0 spiro atoms. The molecule has 1 amide bonds. The van der Waals surface area contributed by atoms with Gasteiger partial charge in [-0.15, -0.1) is 0 Å². The number of likely N-dealkylation sites (tertiary alicyclic amines) is 1. The maximum Gasteiger partial charge on any atom is 0.260 e. The number of amides is 1. The van der Waals surface area contributed by atoms with E-state index in [2.05, 4.69) is 0 Å². The van der Waals surface area contributed by atoms with Crippen molar-refractivity contribution in [2.75, 3.05) is 19.7 Å². The summed E-state index contributed by atoms with van der Waals surface area (Å²) >= 11 is 5.59. The van der Waals surface area contributed by atoms with Gasteiger partial charge in [0, 0.05) is 19.2 Å². The van der Waals surface area contributed by atoms with Crippen LogP contribution in [-0.2, 0) is 4.79 Å². The summed E-state index contributed by atoms with van der Waals surface area (Å²) in [5.41, 5.74) is 0. The van der Waals surface area contributed by atoms with Crippen LogP contribution in [0.25, 0.3) is 0 Å². The van der Waals surface area contributed by atoms with E-state index >= 15 is 0 Å². The van der Waals surface area contributed by atoms with Crippen LogP contribution in [0, 0.1) is 5.82 Å². The minimum atomic E-state index is -0.530. The Bertz CT molecular complexity index is 455. The van der Waals surface area contributed by atoms with E-state index in [4.69, 9.17) is 16.3 Å². The molecule has 0 bridgehead atoms. The minimum Gasteiger partial charge on any atom is -0.484 e. The molecule has 6 heteroatoms. The number of hydrogen-bond donors (Lipinski definition) is 1. The zero-order chi connectivity index (χ0) is 13.1.